The normalized spacial score (nSPS) is 11.4. The molecule has 0 atom stereocenters. The van der Waals surface area contributed by atoms with Crippen molar-refractivity contribution in [3.63, 3.8) is 0 Å². The Hall–Kier alpha value is -2.49. The molecule has 8 nitrogen and oxygen atoms in total. The lowest BCUT2D eigenvalue weighted by molar-refractivity contribution is -0.134. The molecule has 0 saturated heterocycles. The van der Waals surface area contributed by atoms with Crippen LogP contribution in [-0.2, 0) is 24.3 Å². The van der Waals surface area contributed by atoms with Gasteiger partial charge in [0.1, 0.15) is 0 Å². The first-order valence-corrected chi connectivity index (χ1v) is 10.8. The Labute approximate surface area is 171 Å². The van der Waals surface area contributed by atoms with E-state index >= 15 is 0 Å². The number of fused-ring (bicyclic) bond motifs is 1. The summed E-state index contributed by atoms with van der Waals surface area (Å²) in [5, 5.41) is 4.47. The SMILES string of the molecule is COCCCNC(=O)CN(C)C(=O)CCNS(=O)(=O)c1ccc2ccccc2c1. The van der Waals surface area contributed by atoms with Crippen molar-refractivity contribution in [2.75, 3.05) is 40.4 Å². The molecule has 0 fully saturated rings. The molecule has 9 heteroatoms. The van der Waals surface area contributed by atoms with Crippen molar-refractivity contribution in [1.82, 2.24) is 14.9 Å². The van der Waals surface area contributed by atoms with Gasteiger partial charge in [0, 0.05) is 40.3 Å². The van der Waals surface area contributed by atoms with Crippen LogP contribution in [0.1, 0.15) is 12.8 Å². The first kappa shape index (κ1) is 22.8. The molecule has 2 amide bonds. The van der Waals surface area contributed by atoms with Crippen molar-refractivity contribution >= 4 is 32.6 Å². The zero-order chi connectivity index (χ0) is 21.3. The molecule has 0 bridgehead atoms. The highest BCUT2D eigenvalue weighted by atomic mass is 32.2. The van der Waals surface area contributed by atoms with Crippen molar-refractivity contribution in [1.29, 1.82) is 0 Å². The average molecular weight is 422 g/mol. The number of nitrogens with zero attached hydrogens (tertiary/aromatic N) is 1. The molecule has 2 N–H and O–H groups in total. The van der Waals surface area contributed by atoms with Crippen LogP contribution in [0.5, 0.6) is 0 Å². The number of carbonyl (C=O) groups excluding carboxylic acids is 2. The van der Waals surface area contributed by atoms with Crippen molar-refractivity contribution < 1.29 is 22.7 Å². The highest BCUT2D eigenvalue weighted by Crippen LogP contribution is 2.18. The highest BCUT2D eigenvalue weighted by Gasteiger charge is 2.17. The number of amides is 2. The summed E-state index contributed by atoms with van der Waals surface area (Å²) in [7, 11) is -0.631. The van der Waals surface area contributed by atoms with Gasteiger partial charge in [-0.05, 0) is 29.3 Å². The number of hydrogen-bond donors (Lipinski definition) is 2. The third kappa shape index (κ3) is 7.12. The van der Waals surface area contributed by atoms with Crippen LogP contribution in [0, 0.1) is 0 Å². The zero-order valence-corrected chi connectivity index (χ0v) is 17.5. The van der Waals surface area contributed by atoms with Gasteiger partial charge in [0.05, 0.1) is 11.4 Å². The molecule has 0 aromatic heterocycles. The molecule has 0 heterocycles. The summed E-state index contributed by atoms with van der Waals surface area (Å²) in [6.45, 7) is 0.893. The van der Waals surface area contributed by atoms with E-state index in [0.717, 1.165) is 10.8 Å². The quantitative estimate of drug-likeness (QED) is 0.529. The minimum Gasteiger partial charge on any atom is -0.385 e. The second kappa shape index (κ2) is 10.9. The molecule has 0 aliphatic rings. The number of rotatable bonds is 11. The molecule has 2 aromatic carbocycles. The summed E-state index contributed by atoms with van der Waals surface area (Å²) in [5.74, 6) is -0.591. The van der Waals surface area contributed by atoms with Crippen molar-refractivity contribution in [3.8, 4) is 0 Å². The molecule has 0 unspecified atom stereocenters. The molecule has 0 aliphatic carbocycles. The predicted molar refractivity (Wildman–Crippen MR) is 111 cm³/mol. The summed E-state index contributed by atoms with van der Waals surface area (Å²) in [6.07, 6.45) is 0.650. The monoisotopic (exact) mass is 421 g/mol. The van der Waals surface area contributed by atoms with Crippen LogP contribution in [0.15, 0.2) is 47.4 Å². The maximum Gasteiger partial charge on any atom is 0.240 e. The number of benzene rings is 2. The van der Waals surface area contributed by atoms with Gasteiger partial charge in [-0.25, -0.2) is 13.1 Å². The van der Waals surface area contributed by atoms with Crippen molar-refractivity contribution in [3.05, 3.63) is 42.5 Å². The predicted octanol–water partition coefficient (Wildman–Crippen LogP) is 1.12. The van der Waals surface area contributed by atoms with Crippen LogP contribution >= 0.6 is 0 Å². The smallest absolute Gasteiger partial charge is 0.240 e. The third-order valence-corrected chi connectivity index (χ3v) is 5.77. The minimum absolute atomic E-state index is 0.0414. The fourth-order valence-electron chi connectivity index (χ4n) is 2.70. The number of carbonyl (C=O) groups is 2. The molecule has 2 aromatic rings. The summed E-state index contributed by atoms with van der Waals surface area (Å²) < 4.78 is 32.3. The number of likely N-dealkylation sites (N-methyl/N-ethyl adjacent to an activating group) is 1. The number of methoxy groups -OCH3 is 1. The maximum absolute atomic E-state index is 12.5. The van der Waals surface area contributed by atoms with Crippen LogP contribution in [0.25, 0.3) is 10.8 Å². The van der Waals surface area contributed by atoms with E-state index < -0.39 is 10.0 Å². The lowest BCUT2D eigenvalue weighted by atomic mass is 10.1. The fourth-order valence-corrected chi connectivity index (χ4v) is 3.77. The first-order valence-electron chi connectivity index (χ1n) is 9.31. The van der Waals surface area contributed by atoms with Crippen molar-refractivity contribution in [2.45, 2.75) is 17.7 Å². The third-order valence-electron chi connectivity index (χ3n) is 4.32. The van der Waals surface area contributed by atoms with Crippen LogP contribution in [-0.4, -0.2) is 65.5 Å². The number of ether oxygens (including phenoxy) is 1. The maximum atomic E-state index is 12.5. The van der Waals surface area contributed by atoms with Gasteiger partial charge in [-0.1, -0.05) is 30.3 Å². The van der Waals surface area contributed by atoms with Crippen molar-refractivity contribution in [2.24, 2.45) is 0 Å². The van der Waals surface area contributed by atoms with Gasteiger partial charge in [0.2, 0.25) is 21.8 Å². The molecule has 0 radical (unpaired) electrons. The number of hydrogen-bond acceptors (Lipinski definition) is 5. The van der Waals surface area contributed by atoms with Gasteiger partial charge in [-0.2, -0.15) is 0 Å². The number of nitrogens with one attached hydrogen (secondary N) is 2. The Morgan fingerprint density at radius 1 is 1.07 bits per heavy atom. The van der Waals surface area contributed by atoms with E-state index in [9.17, 15) is 18.0 Å². The first-order chi connectivity index (χ1) is 13.8. The highest BCUT2D eigenvalue weighted by molar-refractivity contribution is 7.89. The topological polar surface area (TPSA) is 105 Å². The molecule has 0 saturated carbocycles. The second-order valence-electron chi connectivity index (χ2n) is 6.60. The Morgan fingerprint density at radius 2 is 1.79 bits per heavy atom. The van der Waals surface area contributed by atoms with Gasteiger partial charge in [-0.3, -0.25) is 9.59 Å². The van der Waals surface area contributed by atoms with E-state index in [2.05, 4.69) is 10.0 Å². The number of sulfonamides is 1. The average Bonchev–Trinajstić information content (AvgIpc) is 2.70. The van der Waals surface area contributed by atoms with E-state index in [-0.39, 0.29) is 36.2 Å². The van der Waals surface area contributed by atoms with E-state index in [1.165, 1.54) is 18.0 Å². The Bertz CT molecular complexity index is 946. The standard InChI is InChI=1S/C20H27N3O5S/c1-23(15-19(24)21-11-5-13-28-2)20(25)10-12-22-29(26,27)18-9-8-16-6-3-4-7-17(16)14-18/h3-4,6-9,14,22H,5,10-13,15H2,1-2H3,(H,21,24). The minimum atomic E-state index is -3.73. The second-order valence-corrected chi connectivity index (χ2v) is 8.37. The molecule has 2 rings (SSSR count). The molecular weight excluding hydrogens is 394 g/mol. The molecule has 29 heavy (non-hydrogen) atoms. The van der Waals surface area contributed by atoms with E-state index in [1.807, 2.05) is 24.3 Å². The largest absolute Gasteiger partial charge is 0.385 e. The van der Waals surface area contributed by atoms with Gasteiger partial charge >= 0.3 is 0 Å². The summed E-state index contributed by atoms with van der Waals surface area (Å²) in [5.41, 5.74) is 0. The Balaban J connectivity index is 1.81. The van der Waals surface area contributed by atoms with E-state index in [0.29, 0.717) is 19.6 Å². The Morgan fingerprint density at radius 3 is 2.52 bits per heavy atom. The molecule has 0 spiro atoms. The van der Waals surface area contributed by atoms with Crippen LogP contribution in [0.2, 0.25) is 0 Å². The fraction of sp³-hybridized carbons (Fsp3) is 0.400. The van der Waals surface area contributed by atoms with Gasteiger partial charge in [0.25, 0.3) is 0 Å². The van der Waals surface area contributed by atoms with Crippen LogP contribution in [0.4, 0.5) is 0 Å². The van der Waals surface area contributed by atoms with Gasteiger partial charge in [-0.15, -0.1) is 0 Å². The summed E-state index contributed by atoms with van der Waals surface area (Å²) >= 11 is 0. The molecule has 158 valence electrons. The Kier molecular flexibility index (Phi) is 8.56. The summed E-state index contributed by atoms with van der Waals surface area (Å²) in [4.78, 5) is 25.4. The van der Waals surface area contributed by atoms with E-state index in [1.54, 1.807) is 19.2 Å². The van der Waals surface area contributed by atoms with Gasteiger partial charge in [0.15, 0.2) is 0 Å². The lowest BCUT2D eigenvalue weighted by Crippen LogP contribution is -2.40. The van der Waals surface area contributed by atoms with Crippen LogP contribution < -0.4 is 10.0 Å². The molecule has 0 aliphatic heterocycles. The zero-order valence-electron chi connectivity index (χ0n) is 16.7. The van der Waals surface area contributed by atoms with Gasteiger partial charge < -0.3 is 15.0 Å². The summed E-state index contributed by atoms with van der Waals surface area (Å²) in [6, 6.07) is 12.3. The van der Waals surface area contributed by atoms with Crippen LogP contribution in [0.3, 0.4) is 0 Å². The van der Waals surface area contributed by atoms with E-state index in [4.69, 9.17) is 4.74 Å². The lowest BCUT2D eigenvalue weighted by Gasteiger charge is -2.17. The molecular formula is C20H27N3O5S.